The molecule has 0 saturated heterocycles. The first-order valence-electron chi connectivity index (χ1n) is 6.75. The Morgan fingerprint density at radius 3 is 3.00 bits per heavy atom. The highest BCUT2D eigenvalue weighted by Gasteiger charge is 2.19. The Bertz CT molecular complexity index is 231. The van der Waals surface area contributed by atoms with Gasteiger partial charge in [-0.1, -0.05) is 32.5 Å². The maximum Gasteiger partial charge on any atom is 0.156 e. The first kappa shape index (κ1) is 14.8. The third-order valence-corrected chi connectivity index (χ3v) is 3.71. The van der Waals surface area contributed by atoms with Crippen LogP contribution in [0.3, 0.4) is 0 Å². The SMILES string of the molecule is CCCOCCCNC1=NCC(CC(C)C)S1. The Morgan fingerprint density at radius 2 is 2.29 bits per heavy atom. The van der Waals surface area contributed by atoms with Crippen molar-refractivity contribution >= 4 is 16.9 Å². The summed E-state index contributed by atoms with van der Waals surface area (Å²) >= 11 is 1.91. The molecule has 1 atom stereocenters. The molecule has 1 aliphatic rings. The van der Waals surface area contributed by atoms with Crippen molar-refractivity contribution < 1.29 is 4.74 Å². The highest BCUT2D eigenvalue weighted by molar-refractivity contribution is 8.14. The Balaban J connectivity index is 1.98. The summed E-state index contributed by atoms with van der Waals surface area (Å²) in [5, 5.41) is 5.21. The fourth-order valence-electron chi connectivity index (χ4n) is 1.78. The minimum atomic E-state index is 0.689. The van der Waals surface area contributed by atoms with Gasteiger partial charge in [0.05, 0.1) is 6.54 Å². The van der Waals surface area contributed by atoms with Crippen molar-refractivity contribution in [2.75, 3.05) is 26.3 Å². The molecule has 0 aromatic rings. The van der Waals surface area contributed by atoms with Gasteiger partial charge in [0, 0.05) is 25.0 Å². The van der Waals surface area contributed by atoms with Crippen LogP contribution in [0.5, 0.6) is 0 Å². The second-order valence-electron chi connectivity index (χ2n) is 4.91. The van der Waals surface area contributed by atoms with Crippen LogP contribution in [0.4, 0.5) is 0 Å². The number of nitrogens with zero attached hydrogens (tertiary/aromatic N) is 1. The Morgan fingerprint density at radius 1 is 1.47 bits per heavy atom. The minimum Gasteiger partial charge on any atom is -0.381 e. The zero-order chi connectivity index (χ0) is 12.5. The van der Waals surface area contributed by atoms with E-state index in [-0.39, 0.29) is 0 Å². The zero-order valence-electron chi connectivity index (χ0n) is 11.4. The molecule has 0 aromatic heterocycles. The van der Waals surface area contributed by atoms with Crippen molar-refractivity contribution in [3.05, 3.63) is 0 Å². The number of amidine groups is 1. The van der Waals surface area contributed by atoms with E-state index in [1.807, 2.05) is 11.8 Å². The van der Waals surface area contributed by atoms with Crippen molar-refractivity contribution in [2.24, 2.45) is 10.9 Å². The van der Waals surface area contributed by atoms with Gasteiger partial charge in [-0.3, -0.25) is 4.99 Å². The van der Waals surface area contributed by atoms with Gasteiger partial charge in [-0.2, -0.15) is 0 Å². The summed E-state index contributed by atoms with van der Waals surface area (Å²) in [6, 6.07) is 0. The van der Waals surface area contributed by atoms with Crippen LogP contribution in [0.1, 0.15) is 40.0 Å². The summed E-state index contributed by atoms with van der Waals surface area (Å²) in [4.78, 5) is 4.53. The molecule has 0 radical (unpaired) electrons. The van der Waals surface area contributed by atoms with Crippen LogP contribution in [0.15, 0.2) is 4.99 Å². The van der Waals surface area contributed by atoms with Crippen LogP contribution in [-0.2, 0) is 4.74 Å². The molecule has 1 rings (SSSR count). The van der Waals surface area contributed by atoms with E-state index in [9.17, 15) is 0 Å². The summed E-state index contributed by atoms with van der Waals surface area (Å²) in [5.41, 5.74) is 0. The van der Waals surface area contributed by atoms with Crippen LogP contribution in [0.25, 0.3) is 0 Å². The van der Waals surface area contributed by atoms with E-state index in [0.29, 0.717) is 5.25 Å². The van der Waals surface area contributed by atoms with Crippen molar-refractivity contribution in [3.8, 4) is 0 Å². The van der Waals surface area contributed by atoms with Crippen LogP contribution in [0, 0.1) is 5.92 Å². The maximum atomic E-state index is 5.43. The minimum absolute atomic E-state index is 0.689. The summed E-state index contributed by atoms with van der Waals surface area (Å²) in [6.07, 6.45) is 3.43. The molecule has 100 valence electrons. The van der Waals surface area contributed by atoms with E-state index in [1.165, 1.54) is 6.42 Å². The van der Waals surface area contributed by atoms with Crippen LogP contribution >= 0.6 is 11.8 Å². The molecule has 0 aliphatic carbocycles. The van der Waals surface area contributed by atoms with Gasteiger partial charge in [-0.25, -0.2) is 0 Å². The Labute approximate surface area is 110 Å². The maximum absolute atomic E-state index is 5.43. The molecule has 0 saturated carbocycles. The number of thioether (sulfide) groups is 1. The molecule has 0 bridgehead atoms. The fourth-order valence-corrected chi connectivity index (χ4v) is 3.06. The van der Waals surface area contributed by atoms with Gasteiger partial charge in [-0.05, 0) is 25.2 Å². The first-order chi connectivity index (χ1) is 8.22. The topological polar surface area (TPSA) is 33.6 Å². The highest BCUT2D eigenvalue weighted by atomic mass is 32.2. The van der Waals surface area contributed by atoms with Crippen molar-refractivity contribution in [3.63, 3.8) is 0 Å². The van der Waals surface area contributed by atoms with Gasteiger partial charge in [0.25, 0.3) is 0 Å². The first-order valence-corrected chi connectivity index (χ1v) is 7.63. The molecule has 1 unspecified atom stereocenters. The van der Waals surface area contributed by atoms with Gasteiger partial charge >= 0.3 is 0 Å². The lowest BCUT2D eigenvalue weighted by Crippen LogP contribution is -2.22. The average Bonchev–Trinajstić information content (AvgIpc) is 2.70. The molecule has 0 amide bonds. The normalized spacial score (nSPS) is 19.8. The van der Waals surface area contributed by atoms with E-state index >= 15 is 0 Å². The molecule has 4 heteroatoms. The van der Waals surface area contributed by atoms with Crippen molar-refractivity contribution in [1.29, 1.82) is 0 Å². The standard InChI is InChI=1S/C13H26N2OS/c1-4-7-16-8-5-6-14-13-15-10-12(17-13)9-11(2)3/h11-12H,4-10H2,1-3H3,(H,14,15). The molecule has 1 N–H and O–H groups in total. The lowest BCUT2D eigenvalue weighted by molar-refractivity contribution is 0.133. The average molecular weight is 258 g/mol. The second kappa shape index (κ2) is 8.81. The van der Waals surface area contributed by atoms with E-state index < -0.39 is 0 Å². The van der Waals surface area contributed by atoms with E-state index in [1.54, 1.807) is 0 Å². The molecule has 3 nitrogen and oxygen atoms in total. The third-order valence-electron chi connectivity index (χ3n) is 2.54. The summed E-state index contributed by atoms with van der Waals surface area (Å²) < 4.78 is 5.43. The van der Waals surface area contributed by atoms with Gasteiger partial charge in [-0.15, -0.1) is 0 Å². The number of hydrogen-bond acceptors (Lipinski definition) is 4. The number of ether oxygens (including phenoxy) is 1. The Kier molecular flexibility index (Phi) is 7.69. The smallest absolute Gasteiger partial charge is 0.156 e. The molecule has 17 heavy (non-hydrogen) atoms. The molecular weight excluding hydrogens is 232 g/mol. The predicted molar refractivity (Wildman–Crippen MR) is 76.9 cm³/mol. The van der Waals surface area contributed by atoms with Gasteiger partial charge in [0.2, 0.25) is 0 Å². The van der Waals surface area contributed by atoms with Crippen LogP contribution < -0.4 is 5.32 Å². The quantitative estimate of drug-likeness (QED) is 0.680. The lowest BCUT2D eigenvalue weighted by atomic mass is 10.1. The summed E-state index contributed by atoms with van der Waals surface area (Å²) in [6.45, 7) is 10.4. The van der Waals surface area contributed by atoms with Crippen molar-refractivity contribution in [1.82, 2.24) is 5.32 Å². The molecule has 0 aromatic carbocycles. The number of aliphatic imine (C=N–C) groups is 1. The van der Waals surface area contributed by atoms with Crippen molar-refractivity contribution in [2.45, 2.75) is 45.3 Å². The fraction of sp³-hybridized carbons (Fsp3) is 0.923. The monoisotopic (exact) mass is 258 g/mol. The molecule has 1 aliphatic heterocycles. The third kappa shape index (κ3) is 6.94. The summed E-state index contributed by atoms with van der Waals surface area (Å²) in [5.74, 6) is 0.768. The Hall–Kier alpha value is -0.220. The van der Waals surface area contributed by atoms with Crippen LogP contribution in [0.2, 0.25) is 0 Å². The molecule has 1 heterocycles. The largest absolute Gasteiger partial charge is 0.381 e. The van der Waals surface area contributed by atoms with E-state index in [4.69, 9.17) is 4.74 Å². The van der Waals surface area contributed by atoms with Gasteiger partial charge in [0.15, 0.2) is 5.17 Å². The number of nitrogens with one attached hydrogen (secondary N) is 1. The zero-order valence-corrected chi connectivity index (χ0v) is 12.2. The van der Waals surface area contributed by atoms with E-state index in [2.05, 4.69) is 31.1 Å². The highest BCUT2D eigenvalue weighted by Crippen LogP contribution is 2.25. The van der Waals surface area contributed by atoms with E-state index in [0.717, 1.165) is 50.2 Å². The van der Waals surface area contributed by atoms with Gasteiger partial charge < -0.3 is 10.1 Å². The predicted octanol–water partition coefficient (Wildman–Crippen LogP) is 2.91. The van der Waals surface area contributed by atoms with Crippen LogP contribution in [-0.4, -0.2) is 36.7 Å². The molecule has 0 fully saturated rings. The van der Waals surface area contributed by atoms with Gasteiger partial charge in [0.1, 0.15) is 0 Å². The molecular formula is C13H26N2OS. The summed E-state index contributed by atoms with van der Waals surface area (Å²) in [7, 11) is 0. The lowest BCUT2D eigenvalue weighted by Gasteiger charge is -2.11. The second-order valence-corrected chi connectivity index (χ2v) is 6.20. The molecule has 0 spiro atoms. The number of hydrogen-bond donors (Lipinski definition) is 1. The number of rotatable bonds is 8.